The van der Waals surface area contributed by atoms with Crippen LogP contribution in [0.4, 0.5) is 0 Å². The largest absolute Gasteiger partial charge is 0.496 e. The highest BCUT2D eigenvalue weighted by molar-refractivity contribution is 14.0. The summed E-state index contributed by atoms with van der Waals surface area (Å²) in [5.41, 5.74) is 2.39. The standard InChI is InChI=1S/C21H28N4O.HI/c1-22-20(24-15-17-9-5-8-14-23-17)25-16-21(12-6-7-13-21)18-10-3-4-11-19(18)26-2;/h3-5,8-11,14H,6-7,12-13,15-16H2,1-2H3,(H2,22,24,25);1H. The van der Waals surface area contributed by atoms with Crippen LogP contribution < -0.4 is 15.4 Å². The minimum absolute atomic E-state index is 0. The lowest BCUT2D eigenvalue weighted by Crippen LogP contribution is -2.44. The van der Waals surface area contributed by atoms with E-state index in [-0.39, 0.29) is 29.4 Å². The minimum atomic E-state index is 0. The topological polar surface area (TPSA) is 58.5 Å². The zero-order chi connectivity index (χ0) is 18.2. The second kappa shape index (κ2) is 10.5. The van der Waals surface area contributed by atoms with Gasteiger partial charge in [-0.05, 0) is 31.0 Å². The van der Waals surface area contributed by atoms with Crippen LogP contribution in [0.25, 0.3) is 0 Å². The molecule has 0 aliphatic heterocycles. The number of benzene rings is 1. The number of ether oxygens (including phenoxy) is 1. The van der Waals surface area contributed by atoms with E-state index in [1.165, 1.54) is 18.4 Å². The van der Waals surface area contributed by atoms with Crippen molar-refractivity contribution in [1.29, 1.82) is 0 Å². The average Bonchev–Trinajstić information content (AvgIpc) is 3.19. The zero-order valence-electron chi connectivity index (χ0n) is 16.1. The van der Waals surface area contributed by atoms with E-state index >= 15 is 0 Å². The first-order chi connectivity index (χ1) is 12.8. The minimum Gasteiger partial charge on any atom is -0.496 e. The average molecular weight is 480 g/mol. The second-order valence-corrected chi connectivity index (χ2v) is 6.79. The van der Waals surface area contributed by atoms with E-state index in [1.54, 1.807) is 14.2 Å². The number of halogens is 1. The van der Waals surface area contributed by atoms with Crippen LogP contribution >= 0.6 is 24.0 Å². The molecular formula is C21H29IN4O. The first-order valence-electron chi connectivity index (χ1n) is 9.25. The molecule has 6 heteroatoms. The van der Waals surface area contributed by atoms with Crippen molar-refractivity contribution in [3.63, 3.8) is 0 Å². The Morgan fingerprint density at radius 2 is 1.85 bits per heavy atom. The highest BCUT2D eigenvalue weighted by Crippen LogP contribution is 2.44. The molecule has 0 atom stereocenters. The van der Waals surface area contributed by atoms with Gasteiger partial charge in [-0.2, -0.15) is 0 Å². The molecule has 3 rings (SSSR count). The molecule has 0 unspecified atom stereocenters. The van der Waals surface area contributed by atoms with E-state index in [9.17, 15) is 0 Å². The molecular weight excluding hydrogens is 451 g/mol. The number of hydrogen-bond donors (Lipinski definition) is 2. The van der Waals surface area contributed by atoms with Gasteiger partial charge < -0.3 is 15.4 Å². The Morgan fingerprint density at radius 3 is 2.52 bits per heavy atom. The van der Waals surface area contributed by atoms with Crippen molar-refractivity contribution in [2.24, 2.45) is 4.99 Å². The van der Waals surface area contributed by atoms with Gasteiger partial charge in [-0.1, -0.05) is 37.1 Å². The first kappa shape index (κ1) is 21.5. The molecule has 1 aromatic heterocycles. The third-order valence-corrected chi connectivity index (χ3v) is 5.22. The summed E-state index contributed by atoms with van der Waals surface area (Å²) in [6.45, 7) is 1.50. The van der Waals surface area contributed by atoms with Crippen LogP contribution in [0.2, 0.25) is 0 Å². The van der Waals surface area contributed by atoms with Gasteiger partial charge in [-0.15, -0.1) is 24.0 Å². The van der Waals surface area contributed by atoms with E-state index in [1.807, 2.05) is 30.5 Å². The Kier molecular flexibility index (Phi) is 8.34. The lowest BCUT2D eigenvalue weighted by Gasteiger charge is -2.32. The van der Waals surface area contributed by atoms with E-state index in [2.05, 4.69) is 38.8 Å². The van der Waals surface area contributed by atoms with Crippen molar-refractivity contribution in [2.75, 3.05) is 20.7 Å². The molecule has 27 heavy (non-hydrogen) atoms. The van der Waals surface area contributed by atoms with Gasteiger partial charge >= 0.3 is 0 Å². The second-order valence-electron chi connectivity index (χ2n) is 6.79. The summed E-state index contributed by atoms with van der Waals surface area (Å²) in [6, 6.07) is 14.3. The van der Waals surface area contributed by atoms with E-state index in [0.717, 1.165) is 36.8 Å². The highest BCUT2D eigenvalue weighted by atomic mass is 127. The van der Waals surface area contributed by atoms with Crippen LogP contribution in [0.3, 0.4) is 0 Å². The van der Waals surface area contributed by atoms with E-state index in [4.69, 9.17) is 4.74 Å². The predicted molar refractivity (Wildman–Crippen MR) is 121 cm³/mol. The fourth-order valence-electron chi connectivity index (χ4n) is 3.83. The number of nitrogens with one attached hydrogen (secondary N) is 2. The van der Waals surface area contributed by atoms with Crippen LogP contribution in [0.1, 0.15) is 36.9 Å². The quantitative estimate of drug-likeness (QED) is 0.374. The molecule has 2 aromatic rings. The van der Waals surface area contributed by atoms with Crippen LogP contribution in [0.5, 0.6) is 5.75 Å². The first-order valence-corrected chi connectivity index (χ1v) is 9.25. The normalized spacial score (nSPS) is 15.7. The van der Waals surface area contributed by atoms with Gasteiger partial charge in [0.1, 0.15) is 5.75 Å². The summed E-state index contributed by atoms with van der Waals surface area (Å²) < 4.78 is 5.64. The molecule has 0 radical (unpaired) electrons. The number of aliphatic imine (C=N–C) groups is 1. The number of rotatable bonds is 6. The molecule has 2 N–H and O–H groups in total. The summed E-state index contributed by atoms with van der Waals surface area (Å²) in [5.74, 6) is 1.78. The Balaban J connectivity index is 0.00000261. The number of nitrogens with zero attached hydrogens (tertiary/aromatic N) is 2. The van der Waals surface area contributed by atoms with Gasteiger partial charge in [-0.25, -0.2) is 0 Å². The monoisotopic (exact) mass is 480 g/mol. The number of guanidine groups is 1. The Hall–Kier alpha value is -1.83. The molecule has 0 bridgehead atoms. The van der Waals surface area contributed by atoms with Crippen molar-refractivity contribution in [3.8, 4) is 5.75 Å². The van der Waals surface area contributed by atoms with Crippen molar-refractivity contribution < 1.29 is 4.74 Å². The molecule has 0 amide bonds. The molecule has 1 aromatic carbocycles. The van der Waals surface area contributed by atoms with E-state index in [0.29, 0.717) is 6.54 Å². The van der Waals surface area contributed by atoms with Gasteiger partial charge in [0.15, 0.2) is 5.96 Å². The van der Waals surface area contributed by atoms with Crippen molar-refractivity contribution in [3.05, 3.63) is 59.9 Å². The summed E-state index contributed by atoms with van der Waals surface area (Å²) >= 11 is 0. The molecule has 1 heterocycles. The fourth-order valence-corrected chi connectivity index (χ4v) is 3.83. The van der Waals surface area contributed by atoms with Crippen LogP contribution in [0.15, 0.2) is 53.7 Å². The van der Waals surface area contributed by atoms with Crippen LogP contribution in [-0.4, -0.2) is 31.6 Å². The fraction of sp³-hybridized carbons (Fsp3) is 0.429. The van der Waals surface area contributed by atoms with Gasteiger partial charge in [0.25, 0.3) is 0 Å². The number of pyridine rings is 1. The lowest BCUT2D eigenvalue weighted by atomic mass is 9.78. The predicted octanol–water partition coefficient (Wildman–Crippen LogP) is 3.89. The van der Waals surface area contributed by atoms with Crippen molar-refractivity contribution in [1.82, 2.24) is 15.6 Å². The molecule has 1 aliphatic rings. The van der Waals surface area contributed by atoms with E-state index < -0.39 is 0 Å². The van der Waals surface area contributed by atoms with Gasteiger partial charge in [-0.3, -0.25) is 9.98 Å². The Bertz CT molecular complexity index is 730. The maximum Gasteiger partial charge on any atom is 0.191 e. The summed E-state index contributed by atoms with van der Waals surface area (Å²) in [5, 5.41) is 6.88. The van der Waals surface area contributed by atoms with Crippen molar-refractivity contribution >= 4 is 29.9 Å². The number of aromatic nitrogens is 1. The van der Waals surface area contributed by atoms with Crippen LogP contribution in [-0.2, 0) is 12.0 Å². The van der Waals surface area contributed by atoms with Crippen LogP contribution in [0, 0.1) is 0 Å². The third kappa shape index (κ3) is 5.34. The summed E-state index contributed by atoms with van der Waals surface area (Å²) in [4.78, 5) is 8.71. The Morgan fingerprint density at radius 1 is 1.11 bits per heavy atom. The van der Waals surface area contributed by atoms with Gasteiger partial charge in [0, 0.05) is 30.8 Å². The zero-order valence-corrected chi connectivity index (χ0v) is 18.4. The SMILES string of the molecule is CN=C(NCc1ccccn1)NCC1(c2ccccc2OC)CCCC1.I. The number of methoxy groups -OCH3 is 1. The van der Waals surface area contributed by atoms with Crippen molar-refractivity contribution in [2.45, 2.75) is 37.6 Å². The maximum atomic E-state index is 5.64. The number of hydrogen-bond acceptors (Lipinski definition) is 3. The lowest BCUT2D eigenvalue weighted by molar-refractivity contribution is 0.371. The molecule has 1 aliphatic carbocycles. The smallest absolute Gasteiger partial charge is 0.191 e. The molecule has 146 valence electrons. The number of para-hydroxylation sites is 1. The Labute approximate surface area is 179 Å². The molecule has 5 nitrogen and oxygen atoms in total. The molecule has 1 saturated carbocycles. The van der Waals surface area contributed by atoms with Gasteiger partial charge in [0.2, 0.25) is 0 Å². The maximum absolute atomic E-state index is 5.64. The summed E-state index contributed by atoms with van der Waals surface area (Å²) in [6.07, 6.45) is 6.64. The van der Waals surface area contributed by atoms with Gasteiger partial charge in [0.05, 0.1) is 19.3 Å². The molecule has 1 fully saturated rings. The molecule has 0 spiro atoms. The molecule has 0 saturated heterocycles. The third-order valence-electron chi connectivity index (χ3n) is 5.22. The highest BCUT2D eigenvalue weighted by Gasteiger charge is 2.37. The summed E-state index contributed by atoms with van der Waals surface area (Å²) in [7, 11) is 3.56.